The molecule has 1 aliphatic rings. The molecule has 0 aliphatic heterocycles. The molecule has 2 aromatic rings. The quantitative estimate of drug-likeness (QED) is 0.764. The van der Waals surface area contributed by atoms with Crippen LogP contribution in [0.15, 0.2) is 40.9 Å². The van der Waals surface area contributed by atoms with Crippen LogP contribution in [-0.2, 0) is 5.41 Å². The molecule has 2 aromatic carbocycles. The second kappa shape index (κ2) is 3.33. The van der Waals surface area contributed by atoms with E-state index >= 15 is 0 Å². The van der Waals surface area contributed by atoms with Crippen LogP contribution >= 0.6 is 15.9 Å². The molecular formula is C14H10BrN. The molecule has 0 amide bonds. The molecule has 1 aliphatic carbocycles. The minimum Gasteiger partial charge on any atom is -0.197 e. The molecule has 78 valence electrons. The van der Waals surface area contributed by atoms with Crippen molar-refractivity contribution < 1.29 is 0 Å². The summed E-state index contributed by atoms with van der Waals surface area (Å²) in [6, 6.07) is 14.9. The van der Waals surface area contributed by atoms with Gasteiger partial charge in [-0.1, -0.05) is 46.3 Å². The van der Waals surface area contributed by atoms with Crippen LogP contribution in [0.4, 0.5) is 0 Å². The third-order valence-electron chi connectivity index (χ3n) is 3.32. The van der Waals surface area contributed by atoms with Gasteiger partial charge in [-0.15, -0.1) is 0 Å². The molecule has 1 fully saturated rings. The van der Waals surface area contributed by atoms with Crippen molar-refractivity contribution in [2.24, 2.45) is 0 Å². The molecule has 16 heavy (non-hydrogen) atoms. The van der Waals surface area contributed by atoms with Gasteiger partial charge in [0.25, 0.3) is 0 Å². The summed E-state index contributed by atoms with van der Waals surface area (Å²) in [4.78, 5) is 0. The highest BCUT2D eigenvalue weighted by Gasteiger charge is 2.47. The SMILES string of the molecule is N#CC1(c2c(Br)ccc3ccccc23)CC1. The molecule has 0 unspecified atom stereocenters. The Balaban J connectivity index is 2.39. The summed E-state index contributed by atoms with van der Waals surface area (Å²) in [5, 5.41) is 11.7. The number of nitrogens with zero attached hydrogens (tertiary/aromatic N) is 1. The number of hydrogen-bond acceptors (Lipinski definition) is 1. The van der Waals surface area contributed by atoms with Gasteiger partial charge in [0.05, 0.1) is 11.5 Å². The molecule has 0 radical (unpaired) electrons. The van der Waals surface area contributed by atoms with Gasteiger partial charge in [-0.25, -0.2) is 0 Å². The van der Waals surface area contributed by atoms with Crippen molar-refractivity contribution >= 4 is 26.7 Å². The van der Waals surface area contributed by atoms with Crippen LogP contribution in [0.3, 0.4) is 0 Å². The Morgan fingerprint density at radius 2 is 1.88 bits per heavy atom. The van der Waals surface area contributed by atoms with Crippen LogP contribution in [0.1, 0.15) is 18.4 Å². The normalized spacial score (nSPS) is 17.0. The van der Waals surface area contributed by atoms with E-state index in [2.05, 4.69) is 46.3 Å². The van der Waals surface area contributed by atoms with E-state index in [1.165, 1.54) is 16.3 Å². The van der Waals surface area contributed by atoms with Crippen LogP contribution in [0.2, 0.25) is 0 Å². The number of halogens is 1. The Morgan fingerprint density at radius 1 is 1.12 bits per heavy atom. The van der Waals surface area contributed by atoms with Crippen molar-refractivity contribution in [3.8, 4) is 6.07 Å². The fourth-order valence-corrected chi connectivity index (χ4v) is 3.00. The van der Waals surface area contributed by atoms with E-state index in [1.54, 1.807) is 0 Å². The second-order valence-electron chi connectivity index (χ2n) is 4.34. The van der Waals surface area contributed by atoms with E-state index in [4.69, 9.17) is 0 Å². The van der Waals surface area contributed by atoms with Gasteiger partial charge in [0, 0.05) is 4.47 Å². The largest absolute Gasteiger partial charge is 0.197 e. The zero-order valence-electron chi connectivity index (χ0n) is 8.70. The van der Waals surface area contributed by atoms with Gasteiger partial charge in [0.2, 0.25) is 0 Å². The maximum absolute atomic E-state index is 9.32. The van der Waals surface area contributed by atoms with Crippen molar-refractivity contribution in [3.63, 3.8) is 0 Å². The molecule has 0 atom stereocenters. The lowest BCUT2D eigenvalue weighted by molar-refractivity contribution is 0.913. The topological polar surface area (TPSA) is 23.8 Å². The van der Waals surface area contributed by atoms with E-state index in [1.807, 2.05) is 12.1 Å². The Hall–Kier alpha value is -1.33. The standard InChI is InChI=1S/C14H10BrN/c15-12-6-5-10-3-1-2-4-11(10)13(12)14(9-16)7-8-14/h1-6H,7-8H2. The van der Waals surface area contributed by atoms with Crippen LogP contribution in [0, 0.1) is 11.3 Å². The van der Waals surface area contributed by atoms with Crippen molar-refractivity contribution in [3.05, 3.63) is 46.4 Å². The lowest BCUT2D eigenvalue weighted by Gasteiger charge is -2.12. The Bertz CT molecular complexity index is 606. The van der Waals surface area contributed by atoms with E-state index in [-0.39, 0.29) is 5.41 Å². The highest BCUT2D eigenvalue weighted by Crippen LogP contribution is 2.52. The van der Waals surface area contributed by atoms with Gasteiger partial charge in [-0.3, -0.25) is 0 Å². The van der Waals surface area contributed by atoms with Gasteiger partial charge in [0.15, 0.2) is 0 Å². The van der Waals surface area contributed by atoms with Crippen molar-refractivity contribution in [1.82, 2.24) is 0 Å². The summed E-state index contributed by atoms with van der Waals surface area (Å²) in [7, 11) is 0. The molecule has 1 saturated carbocycles. The first kappa shape index (κ1) is 9.86. The van der Waals surface area contributed by atoms with Crippen LogP contribution < -0.4 is 0 Å². The summed E-state index contributed by atoms with van der Waals surface area (Å²) in [6.07, 6.45) is 1.96. The fourth-order valence-electron chi connectivity index (χ4n) is 2.27. The van der Waals surface area contributed by atoms with Gasteiger partial charge < -0.3 is 0 Å². The summed E-state index contributed by atoms with van der Waals surface area (Å²) in [6.45, 7) is 0. The zero-order valence-corrected chi connectivity index (χ0v) is 10.3. The third-order valence-corrected chi connectivity index (χ3v) is 3.98. The van der Waals surface area contributed by atoms with E-state index in [0.29, 0.717) is 0 Å². The number of benzene rings is 2. The van der Waals surface area contributed by atoms with Crippen LogP contribution in [-0.4, -0.2) is 0 Å². The average Bonchev–Trinajstić information content (AvgIpc) is 3.10. The smallest absolute Gasteiger partial charge is 0.0840 e. The molecular weight excluding hydrogens is 262 g/mol. The van der Waals surface area contributed by atoms with Gasteiger partial charge >= 0.3 is 0 Å². The second-order valence-corrected chi connectivity index (χ2v) is 5.19. The molecule has 0 bridgehead atoms. The first-order valence-electron chi connectivity index (χ1n) is 5.36. The monoisotopic (exact) mass is 271 g/mol. The zero-order chi connectivity index (χ0) is 11.2. The maximum atomic E-state index is 9.32. The summed E-state index contributed by atoms with van der Waals surface area (Å²) < 4.78 is 1.06. The lowest BCUT2D eigenvalue weighted by atomic mass is 9.92. The summed E-state index contributed by atoms with van der Waals surface area (Å²) >= 11 is 3.58. The van der Waals surface area contributed by atoms with Gasteiger partial charge in [-0.05, 0) is 35.2 Å². The molecule has 0 aromatic heterocycles. The minimum atomic E-state index is -0.236. The highest BCUT2D eigenvalue weighted by molar-refractivity contribution is 9.10. The minimum absolute atomic E-state index is 0.236. The molecule has 0 saturated heterocycles. The first-order valence-corrected chi connectivity index (χ1v) is 6.15. The predicted octanol–water partition coefficient (Wildman–Crippen LogP) is 4.16. The number of fused-ring (bicyclic) bond motifs is 1. The number of nitriles is 1. The van der Waals surface area contributed by atoms with Crippen molar-refractivity contribution in [1.29, 1.82) is 5.26 Å². The summed E-state index contributed by atoms with van der Waals surface area (Å²) in [5.74, 6) is 0. The summed E-state index contributed by atoms with van der Waals surface area (Å²) in [5.41, 5.74) is 0.938. The Morgan fingerprint density at radius 3 is 2.56 bits per heavy atom. The Kier molecular flexibility index (Phi) is 2.05. The van der Waals surface area contributed by atoms with Crippen LogP contribution in [0.25, 0.3) is 10.8 Å². The van der Waals surface area contributed by atoms with E-state index in [0.717, 1.165) is 17.3 Å². The molecule has 1 nitrogen and oxygen atoms in total. The highest BCUT2D eigenvalue weighted by atomic mass is 79.9. The molecule has 0 N–H and O–H groups in total. The van der Waals surface area contributed by atoms with Gasteiger partial charge in [0.1, 0.15) is 0 Å². The molecule has 0 spiro atoms. The predicted molar refractivity (Wildman–Crippen MR) is 68.2 cm³/mol. The van der Waals surface area contributed by atoms with Crippen molar-refractivity contribution in [2.75, 3.05) is 0 Å². The average molecular weight is 272 g/mol. The number of rotatable bonds is 1. The molecule has 0 heterocycles. The van der Waals surface area contributed by atoms with Crippen molar-refractivity contribution in [2.45, 2.75) is 18.3 Å². The fraction of sp³-hybridized carbons (Fsp3) is 0.214. The third kappa shape index (κ3) is 1.28. The van der Waals surface area contributed by atoms with E-state index in [9.17, 15) is 5.26 Å². The maximum Gasteiger partial charge on any atom is 0.0840 e. The molecule has 2 heteroatoms. The van der Waals surface area contributed by atoms with Gasteiger partial charge in [-0.2, -0.15) is 5.26 Å². The van der Waals surface area contributed by atoms with Crippen LogP contribution in [0.5, 0.6) is 0 Å². The molecule has 3 rings (SSSR count). The number of hydrogen-bond donors (Lipinski definition) is 0. The first-order chi connectivity index (χ1) is 7.77. The van der Waals surface area contributed by atoms with E-state index < -0.39 is 0 Å². The lowest BCUT2D eigenvalue weighted by Crippen LogP contribution is -2.04. The Labute approximate surface area is 103 Å².